The van der Waals surface area contributed by atoms with Gasteiger partial charge < -0.3 is 14.6 Å². The van der Waals surface area contributed by atoms with E-state index in [-0.39, 0.29) is 23.7 Å². The van der Waals surface area contributed by atoms with Crippen LogP contribution in [0.15, 0.2) is 24.3 Å². The van der Waals surface area contributed by atoms with Crippen LogP contribution in [0.3, 0.4) is 0 Å². The SMILES string of the molecule is COc1cccc(/C=C/CNC2OC2NC(C)(C)C)c1O. The average Bonchev–Trinajstić information content (AvgIpc) is 3.12. The minimum atomic E-state index is 0.0450. The second-order valence-electron chi connectivity index (χ2n) is 6.08. The Hall–Kier alpha value is -1.56. The lowest BCUT2D eigenvalue weighted by atomic mass is 10.1. The fourth-order valence-electron chi connectivity index (χ4n) is 2.01. The van der Waals surface area contributed by atoms with Crippen molar-refractivity contribution in [2.75, 3.05) is 13.7 Å². The summed E-state index contributed by atoms with van der Waals surface area (Å²) in [6.07, 6.45) is 3.93. The van der Waals surface area contributed by atoms with Crippen molar-refractivity contribution in [1.82, 2.24) is 10.6 Å². The molecule has 0 radical (unpaired) electrons. The van der Waals surface area contributed by atoms with Gasteiger partial charge >= 0.3 is 0 Å². The number of methoxy groups -OCH3 is 1. The summed E-state index contributed by atoms with van der Waals surface area (Å²) < 4.78 is 10.6. The van der Waals surface area contributed by atoms with Crippen molar-refractivity contribution in [3.8, 4) is 11.5 Å². The number of phenolic OH excluding ortho intramolecular Hbond substituents is 1. The molecule has 2 rings (SSSR count). The Morgan fingerprint density at radius 2 is 2.10 bits per heavy atom. The van der Waals surface area contributed by atoms with Gasteiger partial charge in [-0.25, -0.2) is 0 Å². The Bertz CT molecular complexity index is 509. The number of nitrogens with one attached hydrogen (secondary N) is 2. The number of hydrogen-bond acceptors (Lipinski definition) is 5. The number of rotatable bonds is 6. The molecule has 1 saturated heterocycles. The average molecular weight is 292 g/mol. The molecule has 2 atom stereocenters. The second-order valence-corrected chi connectivity index (χ2v) is 6.08. The van der Waals surface area contributed by atoms with E-state index in [0.717, 1.165) is 5.56 Å². The van der Waals surface area contributed by atoms with Crippen LogP contribution in [-0.4, -0.2) is 36.8 Å². The van der Waals surface area contributed by atoms with Gasteiger partial charge in [-0.1, -0.05) is 24.3 Å². The third kappa shape index (κ3) is 4.74. The lowest BCUT2D eigenvalue weighted by Gasteiger charge is -2.18. The van der Waals surface area contributed by atoms with Crippen LogP contribution in [0.2, 0.25) is 0 Å². The molecular formula is C16H24N2O3. The number of para-hydroxylation sites is 1. The number of aromatic hydroxyl groups is 1. The molecule has 1 heterocycles. The van der Waals surface area contributed by atoms with Crippen molar-refractivity contribution in [3.63, 3.8) is 0 Å². The molecule has 5 heteroatoms. The van der Waals surface area contributed by atoms with Gasteiger partial charge in [0.05, 0.1) is 7.11 Å². The molecule has 5 nitrogen and oxygen atoms in total. The summed E-state index contributed by atoms with van der Waals surface area (Å²) in [5.41, 5.74) is 0.779. The molecule has 1 aliphatic rings. The molecule has 21 heavy (non-hydrogen) atoms. The lowest BCUT2D eigenvalue weighted by Crippen LogP contribution is -2.40. The van der Waals surface area contributed by atoms with E-state index in [1.54, 1.807) is 6.07 Å². The van der Waals surface area contributed by atoms with Crippen LogP contribution in [0.25, 0.3) is 6.08 Å². The smallest absolute Gasteiger partial charge is 0.165 e. The zero-order valence-electron chi connectivity index (χ0n) is 13.0. The van der Waals surface area contributed by atoms with Gasteiger partial charge in [-0.3, -0.25) is 10.6 Å². The van der Waals surface area contributed by atoms with Crippen molar-refractivity contribution in [2.24, 2.45) is 0 Å². The van der Waals surface area contributed by atoms with Crippen LogP contribution in [-0.2, 0) is 4.74 Å². The topological polar surface area (TPSA) is 66.0 Å². The first kappa shape index (κ1) is 15.8. The maximum atomic E-state index is 9.95. The molecule has 1 aromatic carbocycles. The molecule has 0 spiro atoms. The first-order valence-corrected chi connectivity index (χ1v) is 7.10. The van der Waals surface area contributed by atoms with Crippen LogP contribution < -0.4 is 15.4 Å². The van der Waals surface area contributed by atoms with Gasteiger partial charge in [0, 0.05) is 17.6 Å². The second kappa shape index (κ2) is 6.47. The minimum absolute atomic E-state index is 0.0450. The van der Waals surface area contributed by atoms with Gasteiger partial charge in [0.1, 0.15) is 0 Å². The number of epoxide rings is 1. The Balaban J connectivity index is 1.77. The molecule has 2 unspecified atom stereocenters. The van der Waals surface area contributed by atoms with Crippen molar-refractivity contribution in [2.45, 2.75) is 38.8 Å². The van der Waals surface area contributed by atoms with Gasteiger partial charge in [0.25, 0.3) is 0 Å². The van der Waals surface area contributed by atoms with E-state index in [2.05, 4.69) is 31.4 Å². The standard InChI is InChI=1S/C16H24N2O3/c1-16(2,3)18-15-14(21-15)17-10-6-8-11-7-5-9-12(20-4)13(11)19/h5-9,14-15,17-19H,10H2,1-4H3/b8-6+. The number of phenols is 1. The Morgan fingerprint density at radius 3 is 2.76 bits per heavy atom. The first-order valence-electron chi connectivity index (χ1n) is 7.10. The zero-order chi connectivity index (χ0) is 15.5. The molecule has 3 N–H and O–H groups in total. The van der Waals surface area contributed by atoms with Crippen LogP contribution in [0.4, 0.5) is 0 Å². The van der Waals surface area contributed by atoms with Gasteiger partial charge in [0.15, 0.2) is 24.0 Å². The molecule has 0 amide bonds. The highest BCUT2D eigenvalue weighted by Crippen LogP contribution is 2.30. The van der Waals surface area contributed by atoms with E-state index >= 15 is 0 Å². The summed E-state index contributed by atoms with van der Waals surface area (Å²) in [4.78, 5) is 0. The molecule has 0 saturated carbocycles. The van der Waals surface area contributed by atoms with E-state index in [1.165, 1.54) is 7.11 Å². The Morgan fingerprint density at radius 1 is 1.33 bits per heavy atom. The fourth-order valence-corrected chi connectivity index (χ4v) is 2.01. The quantitative estimate of drug-likeness (QED) is 0.701. The molecule has 0 bridgehead atoms. The largest absolute Gasteiger partial charge is 0.504 e. The van der Waals surface area contributed by atoms with Crippen molar-refractivity contribution in [1.29, 1.82) is 0 Å². The lowest BCUT2D eigenvalue weighted by molar-refractivity contribution is 0.292. The van der Waals surface area contributed by atoms with Crippen molar-refractivity contribution in [3.05, 3.63) is 29.8 Å². The van der Waals surface area contributed by atoms with Gasteiger partial charge in [-0.2, -0.15) is 0 Å². The van der Waals surface area contributed by atoms with E-state index < -0.39 is 0 Å². The van der Waals surface area contributed by atoms with Gasteiger partial charge in [-0.05, 0) is 26.8 Å². The molecule has 1 fully saturated rings. The molecule has 0 aliphatic carbocycles. The van der Waals surface area contributed by atoms with E-state index in [9.17, 15) is 5.11 Å². The summed E-state index contributed by atoms with van der Waals surface area (Å²) in [6.45, 7) is 7.00. The molecule has 1 aromatic rings. The van der Waals surface area contributed by atoms with E-state index in [4.69, 9.17) is 9.47 Å². The van der Waals surface area contributed by atoms with Crippen LogP contribution in [0, 0.1) is 0 Å². The van der Waals surface area contributed by atoms with Crippen molar-refractivity contribution < 1.29 is 14.6 Å². The van der Waals surface area contributed by atoms with Crippen LogP contribution in [0.5, 0.6) is 11.5 Å². The fraction of sp³-hybridized carbons (Fsp3) is 0.500. The summed E-state index contributed by atoms with van der Waals surface area (Å²) in [6, 6.07) is 5.41. The summed E-state index contributed by atoms with van der Waals surface area (Å²) >= 11 is 0. The molecule has 0 aromatic heterocycles. The monoisotopic (exact) mass is 292 g/mol. The minimum Gasteiger partial charge on any atom is -0.504 e. The number of ether oxygens (including phenoxy) is 2. The van der Waals surface area contributed by atoms with E-state index in [1.807, 2.05) is 24.3 Å². The first-order chi connectivity index (χ1) is 9.90. The zero-order valence-corrected chi connectivity index (χ0v) is 13.0. The summed E-state index contributed by atoms with van der Waals surface area (Å²) in [7, 11) is 1.54. The van der Waals surface area contributed by atoms with Gasteiger partial charge in [0.2, 0.25) is 0 Å². The highest BCUT2D eigenvalue weighted by molar-refractivity contribution is 5.61. The van der Waals surface area contributed by atoms with Crippen LogP contribution in [0.1, 0.15) is 26.3 Å². The molecular weight excluding hydrogens is 268 g/mol. The summed E-state index contributed by atoms with van der Waals surface area (Å²) in [5.74, 6) is 0.635. The molecule has 116 valence electrons. The predicted molar refractivity (Wildman–Crippen MR) is 83.2 cm³/mol. The maximum absolute atomic E-state index is 9.95. The third-order valence-electron chi connectivity index (χ3n) is 3.05. The highest BCUT2D eigenvalue weighted by atomic mass is 16.6. The van der Waals surface area contributed by atoms with Crippen molar-refractivity contribution >= 4 is 6.08 Å². The Kier molecular flexibility index (Phi) is 4.88. The van der Waals surface area contributed by atoms with Gasteiger partial charge in [-0.15, -0.1) is 0 Å². The summed E-state index contributed by atoms with van der Waals surface area (Å²) in [5, 5.41) is 16.6. The van der Waals surface area contributed by atoms with Crippen LogP contribution >= 0.6 is 0 Å². The third-order valence-corrected chi connectivity index (χ3v) is 3.05. The predicted octanol–water partition coefficient (Wildman–Crippen LogP) is 2.07. The number of hydrogen-bond donors (Lipinski definition) is 3. The normalized spacial score (nSPS) is 21.7. The highest BCUT2D eigenvalue weighted by Gasteiger charge is 2.40. The maximum Gasteiger partial charge on any atom is 0.165 e. The van der Waals surface area contributed by atoms with E-state index in [0.29, 0.717) is 12.3 Å². The number of benzene rings is 1. The molecule has 1 aliphatic heterocycles. The Labute approximate surface area is 126 Å².